The Kier molecular flexibility index (Phi) is 4.69. The lowest BCUT2D eigenvalue weighted by molar-refractivity contribution is 0.243. The Morgan fingerprint density at radius 2 is 2.33 bits per heavy atom. The minimum absolute atomic E-state index is 0.466. The molecule has 0 aliphatic carbocycles. The first-order valence-corrected chi connectivity index (χ1v) is 5.55. The summed E-state index contributed by atoms with van der Waals surface area (Å²) < 4.78 is 5.51. The molecule has 84 valence electrons. The molecule has 1 atom stereocenters. The number of hydrogen-bond acceptors (Lipinski definition) is 3. The smallest absolute Gasteiger partial charge is 0.232 e. The summed E-state index contributed by atoms with van der Waals surface area (Å²) in [5.41, 5.74) is 6.08. The fourth-order valence-corrected chi connectivity index (χ4v) is 1.57. The fraction of sp³-hybridized carbons (Fsp3) is 0.545. The Morgan fingerprint density at radius 1 is 1.60 bits per heavy atom. The van der Waals surface area contributed by atoms with Gasteiger partial charge in [-0.3, -0.25) is 0 Å². The molecule has 1 aromatic heterocycles. The van der Waals surface area contributed by atoms with Crippen molar-refractivity contribution in [3.05, 3.63) is 17.3 Å². The standard InChI is InChI=1S/C11H17ClN2O/c1-3-4-8(2)7-15-11-10(12)5-9(13)6-14-11/h5-6,8H,3-4,7,13H2,1-2H3. The van der Waals surface area contributed by atoms with E-state index in [1.54, 1.807) is 12.3 Å². The Balaban J connectivity index is 2.50. The number of nitrogens with two attached hydrogens (primary N) is 1. The van der Waals surface area contributed by atoms with Crippen LogP contribution >= 0.6 is 11.6 Å². The molecule has 0 fully saturated rings. The number of aromatic nitrogens is 1. The van der Waals surface area contributed by atoms with E-state index < -0.39 is 0 Å². The molecule has 0 spiro atoms. The van der Waals surface area contributed by atoms with Gasteiger partial charge in [0.2, 0.25) is 5.88 Å². The van der Waals surface area contributed by atoms with Crippen LogP contribution in [-0.2, 0) is 0 Å². The summed E-state index contributed by atoms with van der Waals surface area (Å²) in [7, 11) is 0. The van der Waals surface area contributed by atoms with E-state index in [0.717, 1.165) is 12.8 Å². The average Bonchev–Trinajstić information content (AvgIpc) is 2.17. The van der Waals surface area contributed by atoms with Crippen LogP contribution in [0.5, 0.6) is 5.88 Å². The quantitative estimate of drug-likeness (QED) is 0.842. The van der Waals surface area contributed by atoms with Gasteiger partial charge in [-0.1, -0.05) is 31.9 Å². The van der Waals surface area contributed by atoms with E-state index in [4.69, 9.17) is 22.1 Å². The first-order valence-electron chi connectivity index (χ1n) is 5.17. The van der Waals surface area contributed by atoms with E-state index >= 15 is 0 Å². The molecule has 1 heterocycles. The van der Waals surface area contributed by atoms with E-state index in [1.165, 1.54) is 0 Å². The number of anilines is 1. The van der Waals surface area contributed by atoms with Gasteiger partial charge in [0, 0.05) is 0 Å². The molecule has 3 nitrogen and oxygen atoms in total. The summed E-state index contributed by atoms with van der Waals surface area (Å²) >= 11 is 5.92. The highest BCUT2D eigenvalue weighted by Crippen LogP contribution is 2.23. The van der Waals surface area contributed by atoms with E-state index in [1.807, 2.05) is 0 Å². The lowest BCUT2D eigenvalue weighted by atomic mass is 10.1. The summed E-state index contributed by atoms with van der Waals surface area (Å²) in [5, 5.41) is 0.471. The van der Waals surface area contributed by atoms with Gasteiger partial charge in [0.15, 0.2) is 0 Å². The number of hydrogen-bond donors (Lipinski definition) is 1. The van der Waals surface area contributed by atoms with Crippen molar-refractivity contribution < 1.29 is 4.74 Å². The van der Waals surface area contributed by atoms with Crippen molar-refractivity contribution in [1.29, 1.82) is 0 Å². The van der Waals surface area contributed by atoms with Gasteiger partial charge in [-0.05, 0) is 18.4 Å². The SMILES string of the molecule is CCCC(C)COc1ncc(N)cc1Cl. The Morgan fingerprint density at radius 3 is 2.93 bits per heavy atom. The first-order chi connectivity index (χ1) is 7.13. The van der Waals surface area contributed by atoms with Crippen molar-refractivity contribution in [3.8, 4) is 5.88 Å². The van der Waals surface area contributed by atoms with Gasteiger partial charge in [0.25, 0.3) is 0 Å². The molecule has 0 saturated heterocycles. The molecular weight excluding hydrogens is 212 g/mol. The normalized spacial score (nSPS) is 12.5. The molecule has 1 unspecified atom stereocenters. The Hall–Kier alpha value is -0.960. The molecule has 4 heteroatoms. The second kappa shape index (κ2) is 5.81. The number of pyridine rings is 1. The van der Waals surface area contributed by atoms with E-state index in [-0.39, 0.29) is 0 Å². The average molecular weight is 229 g/mol. The first kappa shape index (κ1) is 12.1. The highest BCUT2D eigenvalue weighted by Gasteiger charge is 2.06. The van der Waals surface area contributed by atoms with Crippen molar-refractivity contribution in [1.82, 2.24) is 4.98 Å². The van der Waals surface area contributed by atoms with Crippen molar-refractivity contribution >= 4 is 17.3 Å². The molecule has 15 heavy (non-hydrogen) atoms. The summed E-state index contributed by atoms with van der Waals surface area (Å²) in [6, 6.07) is 1.65. The van der Waals surface area contributed by atoms with Gasteiger partial charge in [0.1, 0.15) is 5.02 Å². The van der Waals surface area contributed by atoms with Crippen molar-refractivity contribution in [2.24, 2.45) is 5.92 Å². The van der Waals surface area contributed by atoms with E-state index in [2.05, 4.69) is 18.8 Å². The van der Waals surface area contributed by atoms with Gasteiger partial charge >= 0.3 is 0 Å². The predicted octanol–water partition coefficient (Wildman–Crippen LogP) is 3.13. The van der Waals surface area contributed by atoms with Crippen LogP contribution < -0.4 is 10.5 Å². The highest BCUT2D eigenvalue weighted by molar-refractivity contribution is 6.32. The molecule has 0 radical (unpaired) electrons. The second-order valence-electron chi connectivity index (χ2n) is 3.76. The topological polar surface area (TPSA) is 48.1 Å². The number of nitrogen functional groups attached to an aromatic ring is 1. The van der Waals surface area contributed by atoms with Crippen molar-refractivity contribution in [3.63, 3.8) is 0 Å². The lowest BCUT2D eigenvalue weighted by Gasteiger charge is -2.12. The number of nitrogens with zero attached hydrogens (tertiary/aromatic N) is 1. The predicted molar refractivity (Wildman–Crippen MR) is 63.2 cm³/mol. The Bertz CT molecular complexity index is 317. The molecule has 0 amide bonds. The monoisotopic (exact) mass is 228 g/mol. The third kappa shape index (κ3) is 3.96. The van der Waals surface area contributed by atoms with E-state index in [9.17, 15) is 0 Å². The van der Waals surface area contributed by atoms with Gasteiger partial charge in [-0.2, -0.15) is 0 Å². The maximum Gasteiger partial charge on any atom is 0.232 e. The molecule has 0 bridgehead atoms. The second-order valence-corrected chi connectivity index (χ2v) is 4.17. The third-order valence-corrected chi connectivity index (χ3v) is 2.39. The maximum atomic E-state index is 5.92. The minimum Gasteiger partial charge on any atom is -0.476 e. The van der Waals surface area contributed by atoms with Gasteiger partial charge in [-0.15, -0.1) is 0 Å². The number of halogens is 1. The van der Waals surface area contributed by atoms with Crippen LogP contribution in [0, 0.1) is 5.92 Å². The number of ether oxygens (including phenoxy) is 1. The zero-order chi connectivity index (χ0) is 11.3. The minimum atomic E-state index is 0.466. The maximum absolute atomic E-state index is 5.92. The molecule has 0 aromatic carbocycles. The molecule has 1 aromatic rings. The van der Waals surface area contributed by atoms with Crippen LogP contribution in [0.15, 0.2) is 12.3 Å². The van der Waals surface area contributed by atoms with Crippen molar-refractivity contribution in [2.45, 2.75) is 26.7 Å². The summed E-state index contributed by atoms with van der Waals surface area (Å²) in [5.74, 6) is 0.985. The molecule has 2 N–H and O–H groups in total. The summed E-state index contributed by atoms with van der Waals surface area (Å²) in [6.07, 6.45) is 3.85. The van der Waals surface area contributed by atoms with Crippen LogP contribution in [0.1, 0.15) is 26.7 Å². The van der Waals surface area contributed by atoms with Crippen LogP contribution in [0.25, 0.3) is 0 Å². The molecule has 1 rings (SSSR count). The zero-order valence-corrected chi connectivity index (χ0v) is 9.92. The Labute approximate surface area is 95.6 Å². The fourth-order valence-electron chi connectivity index (χ4n) is 1.34. The van der Waals surface area contributed by atoms with Gasteiger partial charge < -0.3 is 10.5 Å². The molecule has 0 saturated carbocycles. The third-order valence-electron chi connectivity index (χ3n) is 2.11. The van der Waals surface area contributed by atoms with E-state index in [0.29, 0.717) is 29.1 Å². The molecular formula is C11H17ClN2O. The van der Waals surface area contributed by atoms with Gasteiger partial charge in [-0.25, -0.2) is 4.98 Å². The molecule has 0 aliphatic heterocycles. The highest BCUT2D eigenvalue weighted by atomic mass is 35.5. The largest absolute Gasteiger partial charge is 0.476 e. The zero-order valence-electron chi connectivity index (χ0n) is 9.16. The van der Waals surface area contributed by atoms with Crippen LogP contribution in [0.2, 0.25) is 5.02 Å². The van der Waals surface area contributed by atoms with Crippen LogP contribution in [0.3, 0.4) is 0 Å². The van der Waals surface area contributed by atoms with Crippen LogP contribution in [0.4, 0.5) is 5.69 Å². The van der Waals surface area contributed by atoms with Crippen molar-refractivity contribution in [2.75, 3.05) is 12.3 Å². The van der Waals surface area contributed by atoms with Gasteiger partial charge in [0.05, 0.1) is 18.5 Å². The number of rotatable bonds is 5. The molecule has 0 aliphatic rings. The van der Waals surface area contributed by atoms with Crippen LogP contribution in [-0.4, -0.2) is 11.6 Å². The summed E-state index contributed by atoms with van der Waals surface area (Å²) in [4.78, 5) is 4.03. The summed E-state index contributed by atoms with van der Waals surface area (Å²) in [6.45, 7) is 4.95. The lowest BCUT2D eigenvalue weighted by Crippen LogP contribution is -2.09.